The molecule has 2 aromatic rings. The zero-order valence-corrected chi connectivity index (χ0v) is 14.9. The molecule has 2 heterocycles. The van der Waals surface area contributed by atoms with E-state index in [2.05, 4.69) is 24.3 Å². The van der Waals surface area contributed by atoms with Crippen molar-refractivity contribution in [2.75, 3.05) is 7.11 Å². The van der Waals surface area contributed by atoms with Crippen molar-refractivity contribution >= 4 is 11.6 Å². The Hall–Kier alpha value is -2.81. The minimum atomic E-state index is 0.134. The number of ether oxygens (including phenoxy) is 1. The summed E-state index contributed by atoms with van der Waals surface area (Å²) in [4.78, 5) is 15.0. The summed E-state index contributed by atoms with van der Waals surface area (Å²) in [5, 5.41) is 0. The van der Waals surface area contributed by atoms with E-state index in [9.17, 15) is 4.79 Å². The molecule has 0 aromatic heterocycles. The van der Waals surface area contributed by atoms with Crippen LogP contribution in [0.4, 0.5) is 0 Å². The Morgan fingerprint density at radius 2 is 1.69 bits per heavy atom. The molecule has 1 unspecified atom stereocenters. The molecular weight excluding hydrogens is 322 g/mol. The molecule has 3 nitrogen and oxygen atoms in total. The van der Waals surface area contributed by atoms with Crippen LogP contribution in [0.2, 0.25) is 0 Å². The molecule has 0 fully saturated rings. The van der Waals surface area contributed by atoms with Gasteiger partial charge in [-0.15, -0.1) is 0 Å². The average molecular weight is 343 g/mol. The summed E-state index contributed by atoms with van der Waals surface area (Å²) < 4.78 is 5.31. The SMILES string of the molecule is COc1ccc(C2C=C3c4ccccc4C(=O)N3C3=C2CCCC3)cc1. The molecule has 2 aromatic carbocycles. The highest BCUT2D eigenvalue weighted by atomic mass is 16.5. The maximum atomic E-state index is 13.0. The molecule has 1 aliphatic carbocycles. The van der Waals surface area contributed by atoms with Crippen LogP contribution >= 0.6 is 0 Å². The minimum Gasteiger partial charge on any atom is -0.497 e. The summed E-state index contributed by atoms with van der Waals surface area (Å²) in [6, 6.07) is 16.3. The lowest BCUT2D eigenvalue weighted by atomic mass is 9.79. The van der Waals surface area contributed by atoms with Crippen molar-refractivity contribution in [1.82, 2.24) is 4.90 Å². The summed E-state index contributed by atoms with van der Waals surface area (Å²) in [6.45, 7) is 0. The van der Waals surface area contributed by atoms with Gasteiger partial charge in [-0.25, -0.2) is 0 Å². The largest absolute Gasteiger partial charge is 0.497 e. The van der Waals surface area contributed by atoms with Crippen LogP contribution in [0, 0.1) is 0 Å². The molecule has 26 heavy (non-hydrogen) atoms. The second kappa shape index (κ2) is 5.87. The van der Waals surface area contributed by atoms with Crippen molar-refractivity contribution < 1.29 is 9.53 Å². The van der Waals surface area contributed by atoms with Gasteiger partial charge in [-0.3, -0.25) is 9.69 Å². The Morgan fingerprint density at radius 3 is 2.46 bits per heavy atom. The summed E-state index contributed by atoms with van der Waals surface area (Å²) in [5.41, 5.74) is 6.86. The van der Waals surface area contributed by atoms with Gasteiger partial charge in [0.25, 0.3) is 5.91 Å². The lowest BCUT2D eigenvalue weighted by Crippen LogP contribution is -2.29. The predicted molar refractivity (Wildman–Crippen MR) is 102 cm³/mol. The molecular formula is C23H21NO2. The first kappa shape index (κ1) is 15.4. The summed E-state index contributed by atoms with van der Waals surface area (Å²) in [5.74, 6) is 1.24. The van der Waals surface area contributed by atoms with Gasteiger partial charge >= 0.3 is 0 Å². The van der Waals surface area contributed by atoms with E-state index in [0.717, 1.165) is 41.8 Å². The first-order chi connectivity index (χ1) is 12.8. The fourth-order valence-corrected chi connectivity index (χ4v) is 4.55. The van der Waals surface area contributed by atoms with Crippen LogP contribution in [0.3, 0.4) is 0 Å². The van der Waals surface area contributed by atoms with Crippen molar-refractivity contribution in [1.29, 1.82) is 0 Å². The van der Waals surface area contributed by atoms with E-state index in [1.54, 1.807) is 7.11 Å². The summed E-state index contributed by atoms with van der Waals surface area (Å²) >= 11 is 0. The molecule has 3 heteroatoms. The van der Waals surface area contributed by atoms with E-state index < -0.39 is 0 Å². The van der Waals surface area contributed by atoms with Crippen LogP contribution in [0.25, 0.3) is 5.70 Å². The Bertz CT molecular complexity index is 952. The first-order valence-corrected chi connectivity index (χ1v) is 9.29. The van der Waals surface area contributed by atoms with Gasteiger partial charge in [-0.1, -0.05) is 30.3 Å². The zero-order chi connectivity index (χ0) is 17.7. The molecule has 0 saturated carbocycles. The fraction of sp³-hybridized carbons (Fsp3) is 0.261. The fourth-order valence-electron chi connectivity index (χ4n) is 4.55. The summed E-state index contributed by atoms with van der Waals surface area (Å²) in [6.07, 6.45) is 6.69. The minimum absolute atomic E-state index is 0.134. The average Bonchev–Trinajstić information content (AvgIpc) is 3.00. The number of nitrogens with zero attached hydrogens (tertiary/aromatic N) is 1. The van der Waals surface area contributed by atoms with Crippen LogP contribution in [0.15, 0.2) is 65.9 Å². The van der Waals surface area contributed by atoms with E-state index in [0.29, 0.717) is 0 Å². The molecule has 5 rings (SSSR count). The molecule has 130 valence electrons. The topological polar surface area (TPSA) is 29.5 Å². The summed E-state index contributed by atoms with van der Waals surface area (Å²) in [7, 11) is 1.69. The number of allylic oxidation sites excluding steroid dienone is 3. The second-order valence-corrected chi connectivity index (χ2v) is 7.17. The van der Waals surface area contributed by atoms with E-state index in [1.165, 1.54) is 23.3 Å². The van der Waals surface area contributed by atoms with Crippen LogP contribution in [-0.4, -0.2) is 17.9 Å². The third kappa shape index (κ3) is 2.16. The van der Waals surface area contributed by atoms with Crippen LogP contribution in [0.1, 0.15) is 53.1 Å². The number of carbonyl (C=O) groups excluding carboxylic acids is 1. The molecule has 0 bridgehead atoms. The number of hydrogen-bond donors (Lipinski definition) is 0. The third-order valence-corrected chi connectivity index (χ3v) is 5.80. The third-order valence-electron chi connectivity index (χ3n) is 5.80. The standard InChI is InChI=1S/C23H21NO2/c1-26-16-12-10-15(11-13-16)20-14-22-17-6-2-3-8-19(17)23(25)24(22)21-9-5-4-7-18(20)21/h2-3,6,8,10-14,20H,4-5,7,9H2,1H3. The van der Waals surface area contributed by atoms with Crippen LogP contribution in [0.5, 0.6) is 5.75 Å². The van der Waals surface area contributed by atoms with Gasteiger partial charge in [0, 0.05) is 22.7 Å². The number of benzene rings is 2. The van der Waals surface area contributed by atoms with Gasteiger partial charge in [0.05, 0.1) is 12.8 Å². The predicted octanol–water partition coefficient (Wildman–Crippen LogP) is 5.12. The van der Waals surface area contributed by atoms with Crippen LogP contribution in [-0.2, 0) is 0 Å². The number of hydrogen-bond acceptors (Lipinski definition) is 2. The van der Waals surface area contributed by atoms with Crippen molar-refractivity contribution in [3.05, 3.63) is 82.6 Å². The maximum absolute atomic E-state index is 13.0. The van der Waals surface area contributed by atoms with Crippen LogP contribution < -0.4 is 4.74 Å². The smallest absolute Gasteiger partial charge is 0.263 e. The lowest BCUT2D eigenvalue weighted by Gasteiger charge is -2.36. The number of rotatable bonds is 2. The van der Waals surface area contributed by atoms with E-state index in [1.807, 2.05) is 35.2 Å². The highest BCUT2D eigenvalue weighted by Crippen LogP contribution is 2.49. The molecule has 2 aliphatic heterocycles. The van der Waals surface area contributed by atoms with E-state index in [-0.39, 0.29) is 11.8 Å². The molecule has 0 spiro atoms. The molecule has 0 radical (unpaired) electrons. The highest BCUT2D eigenvalue weighted by molar-refractivity contribution is 6.11. The monoisotopic (exact) mass is 343 g/mol. The van der Waals surface area contributed by atoms with Gasteiger partial charge in [0.1, 0.15) is 5.75 Å². The molecule has 0 N–H and O–H groups in total. The molecule has 1 atom stereocenters. The Balaban J connectivity index is 1.67. The van der Waals surface area contributed by atoms with Crippen molar-refractivity contribution in [3.8, 4) is 5.75 Å². The molecule has 3 aliphatic rings. The van der Waals surface area contributed by atoms with E-state index >= 15 is 0 Å². The lowest BCUT2D eigenvalue weighted by molar-refractivity contribution is 0.0872. The van der Waals surface area contributed by atoms with Gasteiger partial charge < -0.3 is 4.74 Å². The van der Waals surface area contributed by atoms with Gasteiger partial charge in [0.2, 0.25) is 0 Å². The van der Waals surface area contributed by atoms with Crippen molar-refractivity contribution in [2.24, 2.45) is 0 Å². The maximum Gasteiger partial charge on any atom is 0.263 e. The van der Waals surface area contributed by atoms with Gasteiger partial charge in [0.15, 0.2) is 0 Å². The number of methoxy groups -OCH3 is 1. The first-order valence-electron chi connectivity index (χ1n) is 9.29. The number of fused-ring (bicyclic) bond motifs is 4. The van der Waals surface area contributed by atoms with Gasteiger partial charge in [-0.2, -0.15) is 0 Å². The zero-order valence-electron chi connectivity index (χ0n) is 14.9. The highest BCUT2D eigenvalue weighted by Gasteiger charge is 2.40. The molecule has 0 saturated heterocycles. The van der Waals surface area contributed by atoms with Crippen molar-refractivity contribution in [2.45, 2.75) is 31.6 Å². The van der Waals surface area contributed by atoms with E-state index in [4.69, 9.17) is 4.74 Å². The van der Waals surface area contributed by atoms with Gasteiger partial charge in [-0.05, 0) is 61.1 Å². The number of carbonyl (C=O) groups is 1. The quantitative estimate of drug-likeness (QED) is 0.758. The number of amides is 1. The Kier molecular flexibility index (Phi) is 3.49. The Morgan fingerprint density at radius 1 is 0.962 bits per heavy atom. The Labute approximate surface area is 153 Å². The molecule has 1 amide bonds. The van der Waals surface area contributed by atoms with Crippen molar-refractivity contribution in [3.63, 3.8) is 0 Å². The normalized spacial score (nSPS) is 21.1. The second-order valence-electron chi connectivity index (χ2n) is 7.17.